The second kappa shape index (κ2) is 3.42. The second-order valence-electron chi connectivity index (χ2n) is 2.37. The van der Waals surface area contributed by atoms with E-state index < -0.39 is 11.8 Å². The molecule has 1 aromatic rings. The average Bonchev–Trinajstić information content (AvgIpc) is 1.98. The highest BCUT2D eigenvalue weighted by atomic mass is 19.2. The van der Waals surface area contributed by atoms with Crippen LogP contribution in [0.3, 0.4) is 0 Å². The largest absolute Gasteiger partial charge is 0.248 e. The van der Waals surface area contributed by atoms with Crippen molar-refractivity contribution in [2.45, 2.75) is 19.8 Å². The highest BCUT2D eigenvalue weighted by Crippen LogP contribution is 2.06. The Morgan fingerprint density at radius 2 is 2.18 bits per heavy atom. The van der Waals surface area contributed by atoms with Crippen LogP contribution in [0.5, 0.6) is 0 Å². The van der Waals surface area contributed by atoms with Crippen LogP contribution in [0.2, 0.25) is 0 Å². The van der Waals surface area contributed by atoms with E-state index in [1.54, 1.807) is 0 Å². The van der Waals surface area contributed by atoms with Gasteiger partial charge in [0.05, 0.1) is 0 Å². The van der Waals surface area contributed by atoms with E-state index in [1.807, 2.05) is 6.92 Å². The van der Waals surface area contributed by atoms with Crippen LogP contribution in [0.4, 0.5) is 8.78 Å². The topological polar surface area (TPSA) is 12.9 Å². The lowest BCUT2D eigenvalue weighted by Gasteiger charge is -1.97. The Morgan fingerprint density at radius 3 is 2.73 bits per heavy atom. The van der Waals surface area contributed by atoms with Crippen molar-refractivity contribution in [1.82, 2.24) is 4.98 Å². The third-order valence-corrected chi connectivity index (χ3v) is 1.39. The molecule has 1 nitrogen and oxygen atoms in total. The molecule has 0 bridgehead atoms. The summed E-state index contributed by atoms with van der Waals surface area (Å²) in [5.74, 6) is -1.89. The van der Waals surface area contributed by atoms with E-state index in [0.717, 1.165) is 18.4 Å². The lowest BCUT2D eigenvalue weighted by Crippen LogP contribution is -1.92. The zero-order valence-corrected chi connectivity index (χ0v) is 6.27. The molecule has 0 radical (unpaired) electrons. The molecule has 0 saturated carbocycles. The minimum atomic E-state index is -1.02. The Kier molecular flexibility index (Phi) is 2.52. The summed E-state index contributed by atoms with van der Waals surface area (Å²) in [4.78, 5) is 3.26. The SMILES string of the molecule is CCCc1cnc(F)c(F)c1. The fraction of sp³-hybridized carbons (Fsp3) is 0.375. The van der Waals surface area contributed by atoms with Gasteiger partial charge in [-0.3, -0.25) is 0 Å². The third-order valence-electron chi connectivity index (χ3n) is 1.39. The molecule has 0 atom stereocenters. The molecule has 1 rings (SSSR count). The molecule has 3 heteroatoms. The van der Waals surface area contributed by atoms with Gasteiger partial charge in [0, 0.05) is 6.20 Å². The van der Waals surface area contributed by atoms with Crippen LogP contribution in [0, 0.1) is 11.8 Å². The molecule has 0 fully saturated rings. The molecule has 0 saturated heterocycles. The van der Waals surface area contributed by atoms with E-state index in [2.05, 4.69) is 4.98 Å². The maximum Gasteiger partial charge on any atom is 0.248 e. The van der Waals surface area contributed by atoms with Crippen LogP contribution in [-0.4, -0.2) is 4.98 Å². The highest BCUT2D eigenvalue weighted by Gasteiger charge is 2.02. The molecule has 0 aliphatic rings. The maximum absolute atomic E-state index is 12.5. The van der Waals surface area contributed by atoms with Crippen molar-refractivity contribution in [3.05, 3.63) is 29.6 Å². The Morgan fingerprint density at radius 1 is 1.45 bits per heavy atom. The molecule has 60 valence electrons. The number of hydrogen-bond acceptors (Lipinski definition) is 1. The normalized spacial score (nSPS) is 10.1. The van der Waals surface area contributed by atoms with E-state index in [0.29, 0.717) is 0 Å². The minimum absolute atomic E-state index is 0.740. The quantitative estimate of drug-likeness (QED) is 0.600. The molecule has 0 aliphatic heterocycles. The van der Waals surface area contributed by atoms with Crippen LogP contribution >= 0.6 is 0 Å². The smallest absolute Gasteiger partial charge is 0.225 e. The van der Waals surface area contributed by atoms with Crippen LogP contribution in [0.25, 0.3) is 0 Å². The summed E-state index contributed by atoms with van der Waals surface area (Å²) in [7, 11) is 0. The fourth-order valence-electron chi connectivity index (χ4n) is 0.886. The van der Waals surface area contributed by atoms with Crippen molar-refractivity contribution in [2.75, 3.05) is 0 Å². The van der Waals surface area contributed by atoms with Gasteiger partial charge in [0.25, 0.3) is 0 Å². The summed E-state index contributed by atoms with van der Waals surface area (Å²) in [6, 6.07) is 1.19. The highest BCUT2D eigenvalue weighted by molar-refractivity contribution is 5.10. The predicted molar refractivity (Wildman–Crippen MR) is 38.1 cm³/mol. The number of nitrogens with zero attached hydrogens (tertiary/aromatic N) is 1. The molecule has 1 aromatic heterocycles. The van der Waals surface area contributed by atoms with Gasteiger partial charge in [-0.1, -0.05) is 13.3 Å². The van der Waals surface area contributed by atoms with Gasteiger partial charge >= 0.3 is 0 Å². The van der Waals surface area contributed by atoms with Gasteiger partial charge < -0.3 is 0 Å². The van der Waals surface area contributed by atoms with E-state index in [-0.39, 0.29) is 0 Å². The maximum atomic E-state index is 12.5. The van der Waals surface area contributed by atoms with Crippen LogP contribution in [0.15, 0.2) is 12.3 Å². The number of aromatic nitrogens is 1. The molecule has 11 heavy (non-hydrogen) atoms. The standard InChI is InChI=1S/C8H9F2N/c1-2-3-6-4-7(9)8(10)11-5-6/h4-5H,2-3H2,1H3. The number of pyridine rings is 1. The Balaban J connectivity index is 2.86. The first-order valence-electron chi connectivity index (χ1n) is 3.54. The average molecular weight is 157 g/mol. The molecular weight excluding hydrogens is 148 g/mol. The first kappa shape index (κ1) is 8.11. The first-order chi connectivity index (χ1) is 5.24. The lowest BCUT2D eigenvalue weighted by molar-refractivity contribution is 0.477. The molecule has 0 unspecified atom stereocenters. The van der Waals surface area contributed by atoms with Crippen molar-refractivity contribution >= 4 is 0 Å². The zero-order valence-electron chi connectivity index (χ0n) is 6.27. The van der Waals surface area contributed by atoms with Crippen LogP contribution in [-0.2, 0) is 6.42 Å². The summed E-state index contributed by atoms with van der Waals surface area (Å²) in [5, 5.41) is 0. The van der Waals surface area contributed by atoms with Gasteiger partial charge in [-0.25, -0.2) is 9.37 Å². The van der Waals surface area contributed by atoms with Gasteiger partial charge in [0.15, 0.2) is 5.82 Å². The summed E-state index contributed by atoms with van der Waals surface area (Å²) in [6.07, 6.45) is 3.01. The van der Waals surface area contributed by atoms with Gasteiger partial charge in [-0.2, -0.15) is 4.39 Å². The van der Waals surface area contributed by atoms with Gasteiger partial charge in [0.1, 0.15) is 0 Å². The van der Waals surface area contributed by atoms with Crippen LogP contribution in [0.1, 0.15) is 18.9 Å². The first-order valence-corrected chi connectivity index (χ1v) is 3.54. The summed E-state index contributed by atoms with van der Waals surface area (Å²) >= 11 is 0. The molecule has 1 heterocycles. The van der Waals surface area contributed by atoms with Crippen molar-refractivity contribution in [1.29, 1.82) is 0 Å². The second-order valence-corrected chi connectivity index (χ2v) is 2.37. The molecular formula is C8H9F2N. The number of aryl methyl sites for hydroxylation is 1. The zero-order chi connectivity index (χ0) is 8.27. The van der Waals surface area contributed by atoms with Gasteiger partial charge in [-0.05, 0) is 18.1 Å². The molecule has 0 aliphatic carbocycles. The van der Waals surface area contributed by atoms with Crippen molar-refractivity contribution < 1.29 is 8.78 Å². The molecule has 0 aromatic carbocycles. The monoisotopic (exact) mass is 157 g/mol. The van der Waals surface area contributed by atoms with Crippen molar-refractivity contribution in [3.8, 4) is 0 Å². The summed E-state index contributed by atoms with van der Waals surface area (Å²) in [6.45, 7) is 1.97. The van der Waals surface area contributed by atoms with Crippen molar-refractivity contribution in [3.63, 3.8) is 0 Å². The molecule has 0 amide bonds. The number of hydrogen-bond donors (Lipinski definition) is 0. The van der Waals surface area contributed by atoms with Gasteiger partial charge in [0.2, 0.25) is 5.95 Å². The summed E-state index contributed by atoms with van der Waals surface area (Å²) < 4.78 is 24.7. The van der Waals surface area contributed by atoms with Gasteiger partial charge in [-0.15, -0.1) is 0 Å². The van der Waals surface area contributed by atoms with E-state index >= 15 is 0 Å². The number of rotatable bonds is 2. The Labute approximate surface area is 64.1 Å². The van der Waals surface area contributed by atoms with Crippen molar-refractivity contribution in [2.24, 2.45) is 0 Å². The lowest BCUT2D eigenvalue weighted by atomic mass is 10.2. The Bertz CT molecular complexity index is 248. The van der Waals surface area contributed by atoms with E-state index in [4.69, 9.17) is 0 Å². The van der Waals surface area contributed by atoms with E-state index in [9.17, 15) is 8.78 Å². The predicted octanol–water partition coefficient (Wildman–Crippen LogP) is 2.31. The van der Waals surface area contributed by atoms with Crippen LogP contribution < -0.4 is 0 Å². The molecule has 0 spiro atoms. The number of halogens is 2. The summed E-state index contributed by atoms with van der Waals surface area (Å²) in [5.41, 5.74) is 0.742. The Hall–Kier alpha value is -0.990. The molecule has 0 N–H and O–H groups in total. The third kappa shape index (κ3) is 1.97. The minimum Gasteiger partial charge on any atom is -0.225 e. The fourth-order valence-corrected chi connectivity index (χ4v) is 0.886. The van der Waals surface area contributed by atoms with E-state index in [1.165, 1.54) is 12.3 Å².